The highest BCUT2D eigenvalue weighted by Gasteiger charge is 2.55. The summed E-state index contributed by atoms with van der Waals surface area (Å²) in [5.41, 5.74) is -1.23. The van der Waals surface area contributed by atoms with Crippen LogP contribution in [0.1, 0.15) is 41.8 Å². The lowest BCUT2D eigenvalue weighted by Crippen LogP contribution is -2.45. The number of rotatable bonds is 3. The van der Waals surface area contributed by atoms with Crippen LogP contribution in [0.3, 0.4) is 0 Å². The Morgan fingerprint density at radius 1 is 1.16 bits per heavy atom. The Balaban J connectivity index is 1.61. The number of halogens is 4. The second-order valence-electron chi connectivity index (χ2n) is 7.98. The summed E-state index contributed by atoms with van der Waals surface area (Å²) >= 11 is 0. The normalized spacial score (nSPS) is 18.2. The topological polar surface area (TPSA) is 71.2 Å². The molecule has 4 rings (SSSR count). The molecule has 2 atom stereocenters. The van der Waals surface area contributed by atoms with E-state index in [-0.39, 0.29) is 24.8 Å². The van der Waals surface area contributed by atoms with Gasteiger partial charge in [0.1, 0.15) is 5.82 Å². The van der Waals surface area contributed by atoms with Gasteiger partial charge in [0.15, 0.2) is 5.82 Å². The molecule has 10 heteroatoms. The number of nitrogens with zero attached hydrogens (tertiary/aromatic N) is 4. The van der Waals surface area contributed by atoms with Crippen LogP contribution in [0.15, 0.2) is 48.8 Å². The van der Waals surface area contributed by atoms with E-state index in [1.54, 1.807) is 31.2 Å². The van der Waals surface area contributed by atoms with E-state index in [1.807, 2.05) is 0 Å². The Morgan fingerprint density at radius 3 is 2.50 bits per heavy atom. The summed E-state index contributed by atoms with van der Waals surface area (Å²) in [5.74, 6) is -1.20. The van der Waals surface area contributed by atoms with Gasteiger partial charge in [0.05, 0.1) is 30.2 Å². The standard InChI is InChI=1S/C22H20F4N4O2/c1-13-11-29(12-17-10-28-20(30(13)17)21(2,32)22(24,25)26)19(31)15-7-8-27-18(9-15)14-3-5-16(23)6-4-14/h3-10,13,32H,11-12H2,1-2H3/t13-,21+/m0/s1. The SMILES string of the molecule is C[C@H]1CN(C(=O)c2ccnc(-c3ccc(F)cc3)c2)Cc2cnc([C@@](C)(O)C(F)(F)F)n21. The van der Waals surface area contributed by atoms with E-state index in [0.717, 1.165) is 0 Å². The summed E-state index contributed by atoms with van der Waals surface area (Å²) in [6.45, 7) is 2.51. The lowest BCUT2D eigenvalue weighted by molar-refractivity contribution is -0.263. The van der Waals surface area contributed by atoms with Gasteiger partial charge in [-0.05, 0) is 50.2 Å². The van der Waals surface area contributed by atoms with E-state index in [0.29, 0.717) is 29.4 Å². The fourth-order valence-electron chi connectivity index (χ4n) is 3.83. The lowest BCUT2D eigenvalue weighted by atomic mass is 10.0. The van der Waals surface area contributed by atoms with Gasteiger partial charge in [0, 0.05) is 23.9 Å². The average molecular weight is 448 g/mol. The molecular formula is C22H20F4N4O2. The first-order chi connectivity index (χ1) is 15.0. The van der Waals surface area contributed by atoms with Crippen molar-refractivity contribution >= 4 is 5.91 Å². The molecule has 3 heterocycles. The predicted molar refractivity (Wildman–Crippen MR) is 107 cm³/mol. The largest absolute Gasteiger partial charge is 0.424 e. The molecule has 168 valence electrons. The molecular weight excluding hydrogens is 428 g/mol. The van der Waals surface area contributed by atoms with Crippen LogP contribution in [0.4, 0.5) is 17.6 Å². The first-order valence-corrected chi connectivity index (χ1v) is 9.86. The van der Waals surface area contributed by atoms with Gasteiger partial charge >= 0.3 is 6.18 Å². The van der Waals surface area contributed by atoms with Crippen LogP contribution >= 0.6 is 0 Å². The number of aromatic nitrogens is 3. The lowest BCUT2D eigenvalue weighted by Gasteiger charge is -2.36. The highest BCUT2D eigenvalue weighted by molar-refractivity contribution is 5.95. The molecule has 1 aromatic carbocycles. The maximum Gasteiger partial charge on any atom is 0.424 e. The van der Waals surface area contributed by atoms with Gasteiger partial charge in [-0.15, -0.1) is 0 Å². The zero-order chi connectivity index (χ0) is 23.3. The van der Waals surface area contributed by atoms with Crippen LogP contribution in [0.25, 0.3) is 11.3 Å². The summed E-state index contributed by atoms with van der Waals surface area (Å²) in [4.78, 5) is 22.7. The van der Waals surface area contributed by atoms with Gasteiger partial charge in [0.2, 0.25) is 5.60 Å². The highest BCUT2D eigenvalue weighted by atomic mass is 19.4. The molecule has 0 saturated carbocycles. The van der Waals surface area contributed by atoms with Crippen molar-refractivity contribution in [2.75, 3.05) is 6.54 Å². The number of aliphatic hydroxyl groups is 1. The predicted octanol–water partition coefficient (Wildman–Crippen LogP) is 4.07. The number of carbonyl (C=O) groups is 1. The summed E-state index contributed by atoms with van der Waals surface area (Å²) in [6, 6.07) is 8.31. The van der Waals surface area contributed by atoms with E-state index < -0.39 is 23.6 Å². The summed E-state index contributed by atoms with van der Waals surface area (Å²) < 4.78 is 54.5. The van der Waals surface area contributed by atoms with E-state index in [9.17, 15) is 27.5 Å². The molecule has 6 nitrogen and oxygen atoms in total. The Morgan fingerprint density at radius 2 is 1.84 bits per heavy atom. The van der Waals surface area contributed by atoms with Crippen LogP contribution in [-0.4, -0.2) is 43.2 Å². The van der Waals surface area contributed by atoms with Crippen molar-refractivity contribution in [3.63, 3.8) is 0 Å². The van der Waals surface area contributed by atoms with E-state index in [2.05, 4.69) is 9.97 Å². The number of amides is 1. The molecule has 0 radical (unpaired) electrons. The first-order valence-electron chi connectivity index (χ1n) is 9.86. The molecule has 0 saturated heterocycles. The summed E-state index contributed by atoms with van der Waals surface area (Å²) in [5, 5.41) is 10.1. The minimum absolute atomic E-state index is 0.0400. The maximum atomic E-state index is 13.3. The van der Waals surface area contributed by atoms with E-state index >= 15 is 0 Å². The zero-order valence-electron chi connectivity index (χ0n) is 17.3. The molecule has 3 aromatic rings. The van der Waals surface area contributed by atoms with Crippen molar-refractivity contribution in [1.82, 2.24) is 19.4 Å². The third-order valence-electron chi connectivity index (χ3n) is 5.57. The molecule has 0 unspecified atom stereocenters. The van der Waals surface area contributed by atoms with Crippen molar-refractivity contribution in [1.29, 1.82) is 0 Å². The maximum absolute atomic E-state index is 13.3. The average Bonchev–Trinajstić information content (AvgIpc) is 3.18. The number of hydrogen-bond acceptors (Lipinski definition) is 4. The number of carbonyl (C=O) groups excluding carboxylic acids is 1. The fraction of sp³-hybridized carbons (Fsp3) is 0.318. The summed E-state index contributed by atoms with van der Waals surface area (Å²) in [7, 11) is 0. The zero-order valence-corrected chi connectivity index (χ0v) is 17.3. The quantitative estimate of drug-likeness (QED) is 0.614. The number of fused-ring (bicyclic) bond motifs is 1. The second kappa shape index (κ2) is 7.70. The second-order valence-corrected chi connectivity index (χ2v) is 7.98. The molecule has 0 spiro atoms. The number of pyridine rings is 1. The molecule has 1 N–H and O–H groups in total. The highest BCUT2D eigenvalue weighted by Crippen LogP contribution is 2.40. The van der Waals surface area contributed by atoms with E-state index in [4.69, 9.17) is 0 Å². The number of hydrogen-bond donors (Lipinski definition) is 1. The third-order valence-corrected chi connectivity index (χ3v) is 5.57. The summed E-state index contributed by atoms with van der Waals surface area (Å²) in [6.07, 6.45) is -2.17. The van der Waals surface area contributed by atoms with Gasteiger partial charge in [-0.25, -0.2) is 9.37 Å². The fourth-order valence-corrected chi connectivity index (χ4v) is 3.83. The molecule has 32 heavy (non-hydrogen) atoms. The van der Waals surface area contributed by atoms with Crippen LogP contribution in [0.2, 0.25) is 0 Å². The first kappa shape index (κ1) is 21.9. The van der Waals surface area contributed by atoms with Gasteiger partial charge in [-0.1, -0.05) is 0 Å². The minimum atomic E-state index is -4.89. The van der Waals surface area contributed by atoms with Crippen molar-refractivity contribution in [2.45, 2.75) is 38.2 Å². The van der Waals surface area contributed by atoms with Crippen LogP contribution in [0.5, 0.6) is 0 Å². The van der Waals surface area contributed by atoms with Crippen LogP contribution in [-0.2, 0) is 12.1 Å². The Bertz CT molecular complexity index is 1160. The Hall–Kier alpha value is -3.27. The Labute approximate surface area is 181 Å². The van der Waals surface area contributed by atoms with Gasteiger partial charge in [-0.2, -0.15) is 13.2 Å². The smallest absolute Gasteiger partial charge is 0.374 e. The molecule has 0 aliphatic carbocycles. The van der Waals surface area contributed by atoms with Crippen LogP contribution < -0.4 is 0 Å². The number of imidazole rings is 1. The van der Waals surface area contributed by atoms with Gasteiger partial charge in [-0.3, -0.25) is 9.78 Å². The molecule has 0 fully saturated rings. The van der Waals surface area contributed by atoms with Crippen molar-refractivity contribution in [3.8, 4) is 11.3 Å². The third kappa shape index (κ3) is 3.75. The Kier molecular flexibility index (Phi) is 5.28. The molecule has 1 aliphatic rings. The molecule has 2 aromatic heterocycles. The molecule has 0 bridgehead atoms. The van der Waals surface area contributed by atoms with Gasteiger partial charge < -0.3 is 14.6 Å². The van der Waals surface area contributed by atoms with Gasteiger partial charge in [0.25, 0.3) is 5.91 Å². The minimum Gasteiger partial charge on any atom is -0.374 e. The number of alkyl halides is 3. The van der Waals surface area contributed by atoms with E-state index in [1.165, 1.54) is 34.0 Å². The molecule has 1 aliphatic heterocycles. The number of benzene rings is 1. The van der Waals surface area contributed by atoms with Crippen molar-refractivity contribution in [3.05, 3.63) is 71.7 Å². The molecule has 1 amide bonds. The monoisotopic (exact) mass is 448 g/mol. The van der Waals surface area contributed by atoms with Crippen molar-refractivity contribution in [2.24, 2.45) is 0 Å². The van der Waals surface area contributed by atoms with Crippen LogP contribution in [0, 0.1) is 5.82 Å². The van der Waals surface area contributed by atoms with Crippen molar-refractivity contribution < 1.29 is 27.5 Å².